The van der Waals surface area contributed by atoms with Gasteiger partial charge in [-0.05, 0) is 31.7 Å². The molecule has 1 aromatic rings. The van der Waals surface area contributed by atoms with E-state index in [9.17, 15) is 4.79 Å². The van der Waals surface area contributed by atoms with Gasteiger partial charge in [0.2, 0.25) is 5.91 Å². The summed E-state index contributed by atoms with van der Waals surface area (Å²) in [6.45, 7) is 6.73. The quantitative estimate of drug-likeness (QED) is 0.812. The van der Waals surface area contributed by atoms with E-state index in [2.05, 4.69) is 19.2 Å². The normalized spacial score (nSPS) is 14.4. The van der Waals surface area contributed by atoms with Crippen molar-refractivity contribution in [3.8, 4) is 0 Å². The van der Waals surface area contributed by atoms with E-state index >= 15 is 0 Å². The van der Waals surface area contributed by atoms with Gasteiger partial charge >= 0.3 is 0 Å². The molecule has 1 unspecified atom stereocenters. The Morgan fingerprint density at radius 1 is 1.58 bits per heavy atom. The molecule has 0 saturated heterocycles. The minimum Gasteiger partial charge on any atom is -0.350 e. The van der Waals surface area contributed by atoms with Crippen LogP contribution in [0, 0.1) is 5.92 Å². The molecule has 19 heavy (non-hydrogen) atoms. The number of hydrogen-bond acceptors (Lipinski definition) is 3. The summed E-state index contributed by atoms with van der Waals surface area (Å²) in [7, 11) is 0. The van der Waals surface area contributed by atoms with E-state index < -0.39 is 0 Å². The summed E-state index contributed by atoms with van der Waals surface area (Å²) in [5, 5.41) is 5.69. The molecule has 0 saturated carbocycles. The van der Waals surface area contributed by atoms with E-state index in [-0.39, 0.29) is 11.4 Å². The molecule has 3 nitrogen and oxygen atoms in total. The number of amides is 1. The Morgan fingerprint density at radius 3 is 2.74 bits per heavy atom. The number of nitrogens with two attached hydrogens (primary N) is 1. The minimum absolute atomic E-state index is 0.0538. The third-order valence-electron chi connectivity index (χ3n) is 2.97. The Balaban J connectivity index is 2.45. The van der Waals surface area contributed by atoms with Crippen LogP contribution in [0.1, 0.15) is 38.5 Å². The smallest absolute Gasteiger partial charge is 0.220 e. The van der Waals surface area contributed by atoms with E-state index in [1.165, 1.54) is 0 Å². The summed E-state index contributed by atoms with van der Waals surface area (Å²) < 4.78 is 0. The van der Waals surface area contributed by atoms with Crippen molar-refractivity contribution in [3.63, 3.8) is 0 Å². The molecule has 1 aromatic heterocycles. The Bertz CT molecular complexity index is 419. The molecule has 1 rings (SSSR count). The van der Waals surface area contributed by atoms with Crippen LogP contribution in [-0.4, -0.2) is 18.0 Å². The van der Waals surface area contributed by atoms with Crippen molar-refractivity contribution < 1.29 is 4.79 Å². The number of thiophene rings is 1. The van der Waals surface area contributed by atoms with E-state index in [0.29, 0.717) is 18.9 Å². The molecular formula is C14H23ClN2OS. The highest BCUT2D eigenvalue weighted by Gasteiger charge is 2.25. The van der Waals surface area contributed by atoms with Crippen LogP contribution < -0.4 is 11.1 Å². The van der Waals surface area contributed by atoms with Crippen LogP contribution in [0.3, 0.4) is 0 Å². The first-order valence-corrected chi connectivity index (χ1v) is 7.84. The summed E-state index contributed by atoms with van der Waals surface area (Å²) in [6.07, 6.45) is 2.09. The Labute approximate surface area is 124 Å². The SMILES string of the molecule is CC(C)CC(C)(CN)NC(=O)CCc1cc(Cl)cs1. The van der Waals surface area contributed by atoms with Gasteiger partial charge in [0.05, 0.1) is 5.02 Å². The molecule has 108 valence electrons. The van der Waals surface area contributed by atoms with Crippen LogP contribution in [-0.2, 0) is 11.2 Å². The standard InChI is InChI=1S/C14H23ClN2OS/c1-10(2)7-14(3,9-16)17-13(18)5-4-12-6-11(15)8-19-12/h6,8,10H,4-5,7,9,16H2,1-3H3,(H,17,18). The first kappa shape index (κ1) is 16.5. The highest BCUT2D eigenvalue weighted by Crippen LogP contribution is 2.21. The molecule has 0 aliphatic rings. The van der Waals surface area contributed by atoms with Crippen molar-refractivity contribution in [1.82, 2.24) is 5.32 Å². The second-order valence-electron chi connectivity index (χ2n) is 5.64. The molecule has 1 amide bonds. The second-order valence-corrected chi connectivity index (χ2v) is 7.07. The topological polar surface area (TPSA) is 55.1 Å². The molecule has 0 aliphatic carbocycles. The predicted octanol–water partition coefficient (Wildman–Crippen LogP) is 3.21. The Hall–Kier alpha value is -0.580. The highest BCUT2D eigenvalue weighted by molar-refractivity contribution is 7.10. The maximum Gasteiger partial charge on any atom is 0.220 e. The average Bonchev–Trinajstić information content (AvgIpc) is 2.71. The monoisotopic (exact) mass is 302 g/mol. The Morgan fingerprint density at radius 2 is 2.26 bits per heavy atom. The Kier molecular flexibility index (Phi) is 6.30. The molecule has 0 radical (unpaired) electrons. The number of nitrogens with one attached hydrogen (secondary N) is 1. The second kappa shape index (κ2) is 7.27. The summed E-state index contributed by atoms with van der Waals surface area (Å²) in [6, 6.07) is 1.91. The van der Waals surface area contributed by atoms with E-state index in [1.807, 2.05) is 18.4 Å². The largest absolute Gasteiger partial charge is 0.350 e. The molecule has 5 heteroatoms. The molecule has 1 heterocycles. The van der Waals surface area contributed by atoms with Crippen molar-refractivity contribution in [3.05, 3.63) is 21.3 Å². The number of halogens is 1. The lowest BCUT2D eigenvalue weighted by Crippen LogP contribution is -2.52. The van der Waals surface area contributed by atoms with Gasteiger partial charge in [0.15, 0.2) is 0 Å². The van der Waals surface area contributed by atoms with E-state index in [4.69, 9.17) is 17.3 Å². The van der Waals surface area contributed by atoms with Gasteiger partial charge in [0.25, 0.3) is 0 Å². The van der Waals surface area contributed by atoms with Crippen molar-refractivity contribution in [2.75, 3.05) is 6.54 Å². The molecule has 3 N–H and O–H groups in total. The zero-order valence-electron chi connectivity index (χ0n) is 11.8. The number of rotatable bonds is 7. The van der Waals surface area contributed by atoms with Gasteiger partial charge in [0, 0.05) is 28.8 Å². The fourth-order valence-corrected chi connectivity index (χ4v) is 3.28. The summed E-state index contributed by atoms with van der Waals surface area (Å²) in [5.41, 5.74) is 5.48. The van der Waals surface area contributed by atoms with Crippen LogP contribution in [0.4, 0.5) is 0 Å². The van der Waals surface area contributed by atoms with Crippen molar-refractivity contribution in [2.24, 2.45) is 11.7 Å². The number of aryl methyl sites for hydroxylation is 1. The average molecular weight is 303 g/mol. The lowest BCUT2D eigenvalue weighted by molar-refractivity contribution is -0.122. The number of carbonyl (C=O) groups excluding carboxylic acids is 1. The van der Waals surface area contributed by atoms with Crippen molar-refractivity contribution in [1.29, 1.82) is 0 Å². The lowest BCUT2D eigenvalue weighted by Gasteiger charge is -2.31. The van der Waals surface area contributed by atoms with Gasteiger partial charge in [-0.15, -0.1) is 11.3 Å². The summed E-state index contributed by atoms with van der Waals surface area (Å²) in [4.78, 5) is 13.1. The summed E-state index contributed by atoms with van der Waals surface area (Å²) >= 11 is 7.44. The maximum absolute atomic E-state index is 12.0. The molecule has 1 atom stereocenters. The zero-order chi connectivity index (χ0) is 14.5. The summed E-state index contributed by atoms with van der Waals surface area (Å²) in [5.74, 6) is 0.558. The van der Waals surface area contributed by atoms with E-state index in [1.54, 1.807) is 11.3 Å². The predicted molar refractivity (Wildman–Crippen MR) is 82.7 cm³/mol. The lowest BCUT2D eigenvalue weighted by atomic mass is 9.90. The van der Waals surface area contributed by atoms with Gasteiger partial charge in [0.1, 0.15) is 0 Å². The van der Waals surface area contributed by atoms with Gasteiger partial charge < -0.3 is 11.1 Å². The maximum atomic E-state index is 12.0. The first-order valence-electron chi connectivity index (χ1n) is 6.58. The fraction of sp³-hybridized carbons (Fsp3) is 0.643. The highest BCUT2D eigenvalue weighted by atomic mass is 35.5. The molecule has 0 aromatic carbocycles. The van der Waals surface area contributed by atoms with Crippen LogP contribution in [0.5, 0.6) is 0 Å². The zero-order valence-corrected chi connectivity index (χ0v) is 13.4. The van der Waals surface area contributed by atoms with Gasteiger partial charge in [-0.3, -0.25) is 4.79 Å². The first-order chi connectivity index (χ1) is 8.84. The third-order valence-corrected chi connectivity index (χ3v) is 4.31. The molecule has 0 spiro atoms. The molecular weight excluding hydrogens is 280 g/mol. The van der Waals surface area contributed by atoms with Crippen LogP contribution >= 0.6 is 22.9 Å². The fourth-order valence-electron chi connectivity index (χ4n) is 2.21. The van der Waals surface area contributed by atoms with Crippen LogP contribution in [0.2, 0.25) is 5.02 Å². The number of hydrogen-bond donors (Lipinski definition) is 2. The number of carbonyl (C=O) groups is 1. The van der Waals surface area contributed by atoms with Gasteiger partial charge in [-0.2, -0.15) is 0 Å². The van der Waals surface area contributed by atoms with Crippen LogP contribution in [0.15, 0.2) is 11.4 Å². The van der Waals surface area contributed by atoms with Crippen molar-refractivity contribution >= 4 is 28.8 Å². The van der Waals surface area contributed by atoms with Gasteiger partial charge in [-0.25, -0.2) is 0 Å². The van der Waals surface area contributed by atoms with Gasteiger partial charge in [-0.1, -0.05) is 25.4 Å². The van der Waals surface area contributed by atoms with Crippen molar-refractivity contribution in [2.45, 2.75) is 45.6 Å². The molecule has 0 fully saturated rings. The molecule has 0 aliphatic heterocycles. The third kappa shape index (κ3) is 5.93. The van der Waals surface area contributed by atoms with E-state index in [0.717, 1.165) is 22.7 Å². The molecule has 0 bridgehead atoms. The van der Waals surface area contributed by atoms with Crippen LogP contribution in [0.25, 0.3) is 0 Å². The minimum atomic E-state index is -0.307.